The lowest BCUT2D eigenvalue weighted by Gasteiger charge is -2.23. The van der Waals surface area contributed by atoms with Gasteiger partial charge in [0.2, 0.25) is 0 Å². The zero-order valence-corrected chi connectivity index (χ0v) is 19.7. The summed E-state index contributed by atoms with van der Waals surface area (Å²) in [6.07, 6.45) is 17.2. The molecule has 4 N–H and O–H groups in total. The third kappa shape index (κ3) is 18.2. The molecule has 29 heavy (non-hydrogen) atoms. The molecule has 0 rings (SSSR count). The number of phosphoric acid groups is 1. The van der Waals surface area contributed by atoms with Gasteiger partial charge in [0, 0.05) is 12.5 Å². The highest BCUT2D eigenvalue weighted by Gasteiger charge is 2.32. The summed E-state index contributed by atoms with van der Waals surface area (Å²) in [5, 5.41) is 0. The molecule has 0 fully saturated rings. The first-order chi connectivity index (χ1) is 13.8. The Morgan fingerprint density at radius 1 is 0.793 bits per heavy atom. The van der Waals surface area contributed by atoms with Gasteiger partial charge in [-0.3, -0.25) is 9.32 Å². The maximum Gasteiger partial charge on any atom is 0.470 e. The summed E-state index contributed by atoms with van der Waals surface area (Å²) in [5.41, 5.74) is 5.97. The smallest absolute Gasteiger partial charge is 0.325 e. The van der Waals surface area contributed by atoms with Crippen molar-refractivity contribution in [1.82, 2.24) is 0 Å². The van der Waals surface area contributed by atoms with Crippen LogP contribution in [-0.2, 0) is 13.9 Å². The van der Waals surface area contributed by atoms with Crippen LogP contribution in [0.25, 0.3) is 0 Å². The zero-order valence-electron chi connectivity index (χ0n) is 18.8. The summed E-state index contributed by atoms with van der Waals surface area (Å²) >= 11 is 0. The van der Waals surface area contributed by atoms with Crippen LogP contribution < -0.4 is 5.73 Å². The van der Waals surface area contributed by atoms with Crippen LogP contribution in [-0.4, -0.2) is 27.7 Å². The zero-order chi connectivity index (χ0) is 22.0. The van der Waals surface area contributed by atoms with E-state index in [9.17, 15) is 9.36 Å². The Labute approximate surface area is 178 Å². The average Bonchev–Trinajstić information content (AvgIpc) is 2.67. The van der Waals surface area contributed by atoms with E-state index in [1.807, 2.05) is 6.92 Å². The van der Waals surface area contributed by atoms with Gasteiger partial charge in [0.25, 0.3) is 0 Å². The van der Waals surface area contributed by atoms with Crippen LogP contribution in [0.3, 0.4) is 0 Å². The lowest BCUT2D eigenvalue weighted by Crippen LogP contribution is -2.42. The van der Waals surface area contributed by atoms with Crippen LogP contribution in [0.4, 0.5) is 0 Å². The largest absolute Gasteiger partial charge is 0.470 e. The molecule has 0 saturated heterocycles. The lowest BCUT2D eigenvalue weighted by molar-refractivity contribution is -0.127. The molecule has 0 amide bonds. The van der Waals surface area contributed by atoms with Crippen molar-refractivity contribution in [2.45, 2.75) is 135 Å². The summed E-state index contributed by atoms with van der Waals surface area (Å²) in [6, 6.07) is -0.669. The molecule has 0 aliphatic carbocycles. The fourth-order valence-corrected chi connectivity index (χ4v) is 4.14. The van der Waals surface area contributed by atoms with Gasteiger partial charge in [-0.25, -0.2) is 4.57 Å². The molecule has 0 radical (unpaired) electrons. The van der Waals surface area contributed by atoms with Gasteiger partial charge in [-0.15, -0.1) is 0 Å². The van der Waals surface area contributed by atoms with Crippen molar-refractivity contribution in [2.24, 2.45) is 5.73 Å². The molecule has 0 aliphatic heterocycles. The van der Waals surface area contributed by atoms with Crippen LogP contribution in [0.15, 0.2) is 0 Å². The fraction of sp³-hybridized carbons (Fsp3) is 0.955. The second kappa shape index (κ2) is 18.5. The Hall–Kier alpha value is -0.260. The van der Waals surface area contributed by atoms with Crippen molar-refractivity contribution in [3.05, 3.63) is 0 Å². The highest BCUT2D eigenvalue weighted by molar-refractivity contribution is 7.46. The van der Waals surface area contributed by atoms with Gasteiger partial charge in [0.15, 0.2) is 5.78 Å². The molecule has 2 atom stereocenters. The van der Waals surface area contributed by atoms with E-state index in [2.05, 4.69) is 6.92 Å². The molecule has 0 spiro atoms. The quantitative estimate of drug-likeness (QED) is 0.150. The van der Waals surface area contributed by atoms with Gasteiger partial charge in [-0.05, 0) is 12.8 Å². The Kier molecular flexibility index (Phi) is 18.3. The van der Waals surface area contributed by atoms with Crippen molar-refractivity contribution in [2.75, 3.05) is 0 Å². The molecule has 7 heteroatoms. The maximum atomic E-state index is 12.4. The molecular weight excluding hydrogens is 389 g/mol. The fourth-order valence-electron chi connectivity index (χ4n) is 3.57. The minimum Gasteiger partial charge on any atom is -0.325 e. The van der Waals surface area contributed by atoms with Crippen LogP contribution in [0.2, 0.25) is 0 Å². The summed E-state index contributed by atoms with van der Waals surface area (Å²) in [6.45, 7) is 4.24. The molecular formula is C22H46NO5P. The predicted octanol–water partition coefficient (Wildman–Crippen LogP) is 6.03. The van der Waals surface area contributed by atoms with Crippen molar-refractivity contribution in [1.29, 1.82) is 0 Å². The highest BCUT2D eigenvalue weighted by Crippen LogP contribution is 2.39. The van der Waals surface area contributed by atoms with E-state index in [1.54, 1.807) is 0 Å². The Morgan fingerprint density at radius 3 is 1.62 bits per heavy atom. The first kappa shape index (κ1) is 28.7. The van der Waals surface area contributed by atoms with Crippen molar-refractivity contribution < 1.29 is 23.7 Å². The molecule has 0 aromatic rings. The van der Waals surface area contributed by atoms with E-state index in [-0.39, 0.29) is 12.2 Å². The van der Waals surface area contributed by atoms with Crippen molar-refractivity contribution in [3.63, 3.8) is 0 Å². The van der Waals surface area contributed by atoms with E-state index in [0.717, 1.165) is 32.1 Å². The molecule has 6 nitrogen and oxygen atoms in total. The average molecular weight is 436 g/mol. The number of carbonyl (C=O) groups is 1. The van der Waals surface area contributed by atoms with Gasteiger partial charge in [0.1, 0.15) is 6.10 Å². The number of nitrogens with two attached hydrogens (primary N) is 1. The molecule has 174 valence electrons. The number of phosphoric ester groups is 1. The number of rotatable bonds is 21. The normalized spacial score (nSPS) is 14.1. The highest BCUT2D eigenvalue weighted by atomic mass is 31.2. The molecule has 0 aromatic heterocycles. The van der Waals surface area contributed by atoms with Crippen LogP contribution in [0.5, 0.6) is 0 Å². The van der Waals surface area contributed by atoms with Gasteiger partial charge in [0.05, 0.1) is 0 Å². The molecule has 1 unspecified atom stereocenters. The van der Waals surface area contributed by atoms with E-state index in [4.69, 9.17) is 20.0 Å². The topological polar surface area (TPSA) is 110 Å². The minimum absolute atomic E-state index is 0.266. The summed E-state index contributed by atoms with van der Waals surface area (Å²) < 4.78 is 15.9. The molecule has 0 aliphatic rings. The first-order valence-electron chi connectivity index (χ1n) is 11.8. The van der Waals surface area contributed by atoms with E-state index >= 15 is 0 Å². The number of Topliss-reactive ketones (excluding diaryl/α,β-unsaturated/α-hetero) is 1. The Balaban J connectivity index is 3.85. The third-order valence-corrected chi connectivity index (χ3v) is 5.88. The van der Waals surface area contributed by atoms with Gasteiger partial charge in [-0.1, -0.05) is 104 Å². The second-order valence-electron chi connectivity index (χ2n) is 8.28. The third-order valence-electron chi connectivity index (χ3n) is 5.37. The van der Waals surface area contributed by atoms with Crippen LogP contribution >= 0.6 is 7.82 Å². The Morgan fingerprint density at radius 2 is 1.21 bits per heavy atom. The second-order valence-corrected chi connectivity index (χ2v) is 9.47. The van der Waals surface area contributed by atoms with Gasteiger partial charge < -0.3 is 15.5 Å². The summed E-state index contributed by atoms with van der Waals surface area (Å²) in [4.78, 5) is 30.5. The number of hydrogen-bond acceptors (Lipinski definition) is 4. The standard InChI is InChI=1S/C22H46NO5P/c1-3-5-7-8-9-10-11-12-13-14-15-16-17-19-21(24)22(28-29(25,26)27)20(23)18-6-4-2/h20,22H,3-19,23H2,1-2H3,(H2,25,26,27)/t20-,22?/m0/s1. The van der Waals surface area contributed by atoms with Gasteiger partial charge in [-0.2, -0.15) is 0 Å². The van der Waals surface area contributed by atoms with Crippen LogP contribution in [0.1, 0.15) is 123 Å². The summed E-state index contributed by atoms with van der Waals surface area (Å²) in [7, 11) is -4.73. The molecule has 0 saturated carbocycles. The first-order valence-corrected chi connectivity index (χ1v) is 13.4. The van der Waals surface area contributed by atoms with Gasteiger partial charge >= 0.3 is 7.82 Å². The molecule has 0 bridgehead atoms. The number of hydrogen-bond donors (Lipinski definition) is 3. The number of unbranched alkanes of at least 4 members (excludes halogenated alkanes) is 13. The monoisotopic (exact) mass is 435 g/mol. The number of ketones is 1. The van der Waals surface area contributed by atoms with Crippen LogP contribution in [0, 0.1) is 0 Å². The molecule has 0 heterocycles. The lowest BCUT2D eigenvalue weighted by atomic mass is 9.98. The maximum absolute atomic E-state index is 12.4. The number of carbonyl (C=O) groups excluding carboxylic acids is 1. The van der Waals surface area contributed by atoms with E-state index in [1.165, 1.54) is 64.2 Å². The summed E-state index contributed by atoms with van der Waals surface area (Å²) in [5.74, 6) is -0.292. The van der Waals surface area contributed by atoms with E-state index < -0.39 is 20.0 Å². The van der Waals surface area contributed by atoms with Crippen molar-refractivity contribution >= 4 is 13.6 Å². The van der Waals surface area contributed by atoms with E-state index in [0.29, 0.717) is 6.42 Å². The van der Waals surface area contributed by atoms with Crippen molar-refractivity contribution in [3.8, 4) is 0 Å². The minimum atomic E-state index is -4.73. The molecule has 0 aromatic carbocycles. The predicted molar refractivity (Wildman–Crippen MR) is 120 cm³/mol. The Bertz CT molecular complexity index is 441. The SMILES string of the molecule is CCCCCCCCCCCCCCCC(=O)C(OP(=O)(O)O)[C@@H](N)CCCC.